The number of ether oxygens (including phenoxy) is 1. The van der Waals surface area contributed by atoms with E-state index in [0.717, 1.165) is 49.9 Å². The first-order valence-electron chi connectivity index (χ1n) is 7.06. The zero-order valence-electron chi connectivity index (χ0n) is 12.1. The van der Waals surface area contributed by atoms with Crippen LogP contribution < -0.4 is 4.90 Å². The summed E-state index contributed by atoms with van der Waals surface area (Å²) in [6.45, 7) is 2.51. The van der Waals surface area contributed by atoms with Gasteiger partial charge in [0.1, 0.15) is 0 Å². The zero-order chi connectivity index (χ0) is 15.2. The van der Waals surface area contributed by atoms with Crippen molar-refractivity contribution < 1.29 is 14.6 Å². The van der Waals surface area contributed by atoms with Crippen LogP contribution in [0.4, 0.5) is 5.69 Å². The van der Waals surface area contributed by atoms with Crippen molar-refractivity contribution in [2.45, 2.75) is 12.8 Å². The fraction of sp³-hybridized carbons (Fsp3) is 0.438. The van der Waals surface area contributed by atoms with Crippen LogP contribution in [0.25, 0.3) is 6.08 Å². The lowest BCUT2D eigenvalue weighted by Crippen LogP contribution is -2.30. The Morgan fingerprint density at radius 3 is 2.86 bits per heavy atom. The number of aliphatic carboxylic acids is 1. The van der Waals surface area contributed by atoms with E-state index in [-0.39, 0.29) is 0 Å². The van der Waals surface area contributed by atoms with Crippen LogP contribution in [0.2, 0.25) is 5.02 Å². The summed E-state index contributed by atoms with van der Waals surface area (Å²) in [7, 11) is 1.99. The second-order valence-electron chi connectivity index (χ2n) is 5.29. The molecule has 1 saturated heterocycles. The van der Waals surface area contributed by atoms with Crippen LogP contribution in [0.15, 0.2) is 24.3 Å². The average molecular weight is 310 g/mol. The minimum atomic E-state index is -0.965. The van der Waals surface area contributed by atoms with Crippen molar-refractivity contribution in [3.05, 3.63) is 34.9 Å². The molecule has 0 unspecified atom stereocenters. The van der Waals surface area contributed by atoms with E-state index in [0.29, 0.717) is 10.9 Å². The van der Waals surface area contributed by atoms with Gasteiger partial charge in [-0.25, -0.2) is 4.79 Å². The highest BCUT2D eigenvalue weighted by Crippen LogP contribution is 2.31. The van der Waals surface area contributed by atoms with Crippen molar-refractivity contribution in [2.24, 2.45) is 5.92 Å². The lowest BCUT2D eigenvalue weighted by Gasteiger charge is -2.30. The largest absolute Gasteiger partial charge is 0.478 e. The lowest BCUT2D eigenvalue weighted by atomic mass is 9.99. The molecule has 0 bridgehead atoms. The van der Waals surface area contributed by atoms with Crippen LogP contribution >= 0.6 is 11.6 Å². The first-order chi connectivity index (χ1) is 10.1. The van der Waals surface area contributed by atoms with Gasteiger partial charge in [-0.15, -0.1) is 0 Å². The Morgan fingerprint density at radius 2 is 2.19 bits per heavy atom. The fourth-order valence-corrected chi connectivity index (χ4v) is 2.96. The number of carboxylic acids is 1. The maximum absolute atomic E-state index is 10.7. The molecule has 1 aliphatic heterocycles. The number of halogens is 1. The summed E-state index contributed by atoms with van der Waals surface area (Å²) in [5, 5.41) is 9.42. The van der Waals surface area contributed by atoms with E-state index in [1.807, 2.05) is 25.2 Å². The number of anilines is 1. The Labute approximate surface area is 130 Å². The molecule has 0 spiro atoms. The topological polar surface area (TPSA) is 49.8 Å². The highest BCUT2D eigenvalue weighted by atomic mass is 35.5. The quantitative estimate of drug-likeness (QED) is 0.848. The normalized spacial score (nSPS) is 16.3. The summed E-state index contributed by atoms with van der Waals surface area (Å²) in [5.74, 6) is -0.385. The summed E-state index contributed by atoms with van der Waals surface area (Å²) in [4.78, 5) is 12.8. The molecular formula is C16H20ClNO3. The number of carboxylic acid groups (broad SMARTS) is 1. The van der Waals surface area contributed by atoms with Gasteiger partial charge in [-0.3, -0.25) is 0 Å². The molecule has 5 heteroatoms. The number of carbonyl (C=O) groups is 1. The molecule has 0 amide bonds. The number of nitrogens with zero attached hydrogens (tertiary/aromatic N) is 1. The first-order valence-corrected chi connectivity index (χ1v) is 7.44. The third kappa shape index (κ3) is 4.48. The third-order valence-electron chi connectivity index (χ3n) is 3.68. The molecule has 1 aromatic carbocycles. The Kier molecular flexibility index (Phi) is 5.65. The van der Waals surface area contributed by atoms with Crippen molar-refractivity contribution in [3.63, 3.8) is 0 Å². The van der Waals surface area contributed by atoms with Gasteiger partial charge in [0, 0.05) is 32.9 Å². The molecule has 1 aromatic rings. The van der Waals surface area contributed by atoms with Gasteiger partial charge in [0.25, 0.3) is 0 Å². The highest BCUT2D eigenvalue weighted by Gasteiger charge is 2.18. The predicted octanol–water partition coefficient (Wildman–Crippen LogP) is 3.30. The molecule has 4 nitrogen and oxygen atoms in total. The SMILES string of the molecule is CN(CC1CCOCC1)c1c(Cl)cccc1/C=C/C(=O)O. The molecule has 2 rings (SSSR count). The van der Waals surface area contributed by atoms with Gasteiger partial charge in [0.05, 0.1) is 10.7 Å². The molecular weight excluding hydrogens is 290 g/mol. The van der Waals surface area contributed by atoms with Crippen LogP contribution in [-0.2, 0) is 9.53 Å². The fourth-order valence-electron chi connectivity index (χ4n) is 2.64. The maximum Gasteiger partial charge on any atom is 0.328 e. The van der Waals surface area contributed by atoms with Crippen molar-refractivity contribution in [1.82, 2.24) is 0 Å². The van der Waals surface area contributed by atoms with Crippen LogP contribution in [-0.4, -0.2) is 37.9 Å². The monoisotopic (exact) mass is 309 g/mol. The molecule has 1 heterocycles. The third-order valence-corrected chi connectivity index (χ3v) is 3.98. The van der Waals surface area contributed by atoms with Gasteiger partial charge in [-0.05, 0) is 36.5 Å². The Bertz CT molecular complexity index is 524. The Hall–Kier alpha value is -1.52. The van der Waals surface area contributed by atoms with Gasteiger partial charge >= 0.3 is 5.97 Å². The van der Waals surface area contributed by atoms with Crippen molar-refractivity contribution >= 4 is 29.3 Å². The minimum absolute atomic E-state index is 0.580. The number of hydrogen-bond acceptors (Lipinski definition) is 3. The van der Waals surface area contributed by atoms with E-state index in [9.17, 15) is 4.79 Å². The van der Waals surface area contributed by atoms with E-state index < -0.39 is 5.97 Å². The minimum Gasteiger partial charge on any atom is -0.478 e. The van der Waals surface area contributed by atoms with Crippen LogP contribution in [0.3, 0.4) is 0 Å². The van der Waals surface area contributed by atoms with Gasteiger partial charge < -0.3 is 14.7 Å². The van der Waals surface area contributed by atoms with Gasteiger partial charge in [-0.2, -0.15) is 0 Å². The molecule has 1 N–H and O–H groups in total. The second-order valence-corrected chi connectivity index (χ2v) is 5.69. The van der Waals surface area contributed by atoms with Crippen molar-refractivity contribution in [3.8, 4) is 0 Å². The molecule has 114 valence electrons. The summed E-state index contributed by atoms with van der Waals surface area (Å²) in [6, 6.07) is 5.53. The van der Waals surface area contributed by atoms with Crippen LogP contribution in [0.5, 0.6) is 0 Å². The Morgan fingerprint density at radius 1 is 1.48 bits per heavy atom. The first kappa shape index (κ1) is 15.9. The summed E-state index contributed by atoms with van der Waals surface area (Å²) >= 11 is 6.31. The van der Waals surface area contributed by atoms with E-state index in [4.69, 9.17) is 21.4 Å². The van der Waals surface area contributed by atoms with E-state index in [2.05, 4.69) is 4.90 Å². The summed E-state index contributed by atoms with van der Waals surface area (Å²) in [5.41, 5.74) is 1.70. The van der Waals surface area contributed by atoms with E-state index >= 15 is 0 Å². The number of benzene rings is 1. The maximum atomic E-state index is 10.7. The van der Waals surface area contributed by atoms with E-state index in [1.165, 1.54) is 0 Å². The van der Waals surface area contributed by atoms with Crippen molar-refractivity contribution in [2.75, 3.05) is 31.7 Å². The molecule has 0 radical (unpaired) electrons. The summed E-state index contributed by atoms with van der Waals surface area (Å²) in [6.07, 6.45) is 4.83. The van der Waals surface area contributed by atoms with Crippen LogP contribution in [0.1, 0.15) is 18.4 Å². The van der Waals surface area contributed by atoms with E-state index in [1.54, 1.807) is 6.08 Å². The standard InChI is InChI=1S/C16H20ClNO3/c1-18(11-12-7-9-21-10-8-12)16-13(5-6-15(19)20)3-2-4-14(16)17/h2-6,12H,7-11H2,1H3,(H,19,20)/b6-5+. The molecule has 0 atom stereocenters. The lowest BCUT2D eigenvalue weighted by molar-refractivity contribution is -0.131. The number of hydrogen-bond donors (Lipinski definition) is 1. The van der Waals surface area contributed by atoms with Crippen molar-refractivity contribution in [1.29, 1.82) is 0 Å². The Balaban J connectivity index is 2.18. The highest BCUT2D eigenvalue weighted by molar-refractivity contribution is 6.33. The number of rotatable bonds is 5. The smallest absolute Gasteiger partial charge is 0.328 e. The summed E-state index contributed by atoms with van der Waals surface area (Å²) < 4.78 is 5.38. The molecule has 1 fully saturated rings. The molecule has 0 aliphatic carbocycles. The van der Waals surface area contributed by atoms with Gasteiger partial charge in [0.2, 0.25) is 0 Å². The second kappa shape index (κ2) is 7.48. The number of para-hydroxylation sites is 1. The van der Waals surface area contributed by atoms with Gasteiger partial charge in [-0.1, -0.05) is 23.7 Å². The molecule has 0 saturated carbocycles. The van der Waals surface area contributed by atoms with Crippen LogP contribution in [0, 0.1) is 5.92 Å². The molecule has 0 aromatic heterocycles. The molecule has 1 aliphatic rings. The zero-order valence-corrected chi connectivity index (χ0v) is 12.8. The van der Waals surface area contributed by atoms with Gasteiger partial charge in [0.15, 0.2) is 0 Å². The average Bonchev–Trinajstić information content (AvgIpc) is 2.46. The molecule has 21 heavy (non-hydrogen) atoms. The predicted molar refractivity (Wildman–Crippen MR) is 84.9 cm³/mol.